The number of rotatable bonds is 1. The minimum Gasteiger partial charge on any atom is -0.506 e. The van der Waals surface area contributed by atoms with Crippen molar-refractivity contribution in [2.75, 3.05) is 13.3 Å². The molecule has 0 fully saturated rings. The summed E-state index contributed by atoms with van der Waals surface area (Å²) in [6.07, 6.45) is 2.05. The van der Waals surface area contributed by atoms with Crippen LogP contribution in [0.1, 0.15) is 10.4 Å². The number of fused-ring (bicyclic) bond motifs is 1. The summed E-state index contributed by atoms with van der Waals surface area (Å²) < 4.78 is 1.16. The molecule has 104 valence electrons. The quantitative estimate of drug-likeness (QED) is 0.375. The molecule has 0 unspecified atom stereocenters. The number of hydrogen-bond acceptors (Lipinski definition) is 6. The van der Waals surface area contributed by atoms with Crippen molar-refractivity contribution in [1.82, 2.24) is 9.55 Å². The molecule has 8 heteroatoms. The van der Waals surface area contributed by atoms with Crippen LogP contribution in [0, 0.1) is 0 Å². The number of hydrogen-bond donors (Lipinski definition) is 1. The molecule has 20 heavy (non-hydrogen) atoms. The van der Waals surface area contributed by atoms with Crippen molar-refractivity contribution in [2.24, 2.45) is 4.99 Å². The second-order valence-electron chi connectivity index (χ2n) is 3.74. The van der Waals surface area contributed by atoms with E-state index in [1.807, 2.05) is 0 Å². The summed E-state index contributed by atoms with van der Waals surface area (Å²) >= 11 is 7.05. The monoisotopic (exact) mass is 311 g/mol. The van der Waals surface area contributed by atoms with E-state index in [1.54, 1.807) is 6.26 Å². The molecule has 0 aliphatic rings. The molecule has 0 aromatic carbocycles. The molecular formula is C12H10ClN3O3S. The first-order valence-electron chi connectivity index (χ1n) is 5.45. The van der Waals surface area contributed by atoms with Crippen LogP contribution in [0.4, 0.5) is 0 Å². The maximum Gasteiger partial charge on any atom is 0.272 e. The zero-order valence-electron chi connectivity index (χ0n) is 10.6. The minimum absolute atomic E-state index is 0.153. The first-order valence-corrected chi connectivity index (χ1v) is 7.06. The fourth-order valence-corrected chi connectivity index (χ4v) is 2.49. The van der Waals surface area contributed by atoms with Gasteiger partial charge in [-0.2, -0.15) is 0 Å². The molecule has 0 saturated heterocycles. The Morgan fingerprint density at radius 1 is 1.55 bits per heavy atom. The van der Waals surface area contributed by atoms with E-state index >= 15 is 0 Å². The number of aromatic hydroxyl groups is 1. The third-order valence-electron chi connectivity index (χ3n) is 2.68. The van der Waals surface area contributed by atoms with Crippen LogP contribution in [0.2, 0.25) is 5.15 Å². The molecule has 1 N–H and O–H groups in total. The normalized spacial score (nSPS) is 11.8. The van der Waals surface area contributed by atoms with Crippen LogP contribution in [0.5, 0.6) is 5.75 Å². The molecular weight excluding hydrogens is 302 g/mol. The molecule has 2 heterocycles. The van der Waals surface area contributed by atoms with Crippen LogP contribution >= 0.6 is 23.4 Å². The van der Waals surface area contributed by atoms with Crippen LogP contribution in [0.25, 0.3) is 11.0 Å². The number of aromatic nitrogens is 2. The van der Waals surface area contributed by atoms with E-state index in [1.165, 1.54) is 30.9 Å². The minimum atomic E-state index is -0.685. The van der Waals surface area contributed by atoms with Gasteiger partial charge in [-0.3, -0.25) is 14.6 Å². The highest BCUT2D eigenvalue weighted by atomic mass is 35.5. The number of halogens is 1. The average molecular weight is 312 g/mol. The summed E-state index contributed by atoms with van der Waals surface area (Å²) in [7, 11) is 1.52. The van der Waals surface area contributed by atoms with E-state index in [0.717, 1.165) is 4.57 Å². The molecule has 0 amide bonds. The fraction of sp³-hybridized carbons (Fsp3) is 0.167. The van der Waals surface area contributed by atoms with Gasteiger partial charge in [0.2, 0.25) is 0 Å². The largest absolute Gasteiger partial charge is 0.506 e. The molecule has 0 atom stereocenters. The van der Waals surface area contributed by atoms with Crippen molar-refractivity contribution in [3.63, 3.8) is 0 Å². The van der Waals surface area contributed by atoms with Crippen molar-refractivity contribution in [3.05, 3.63) is 33.2 Å². The number of nitrogens with zero attached hydrogens (tertiary/aromatic N) is 3. The Morgan fingerprint density at radius 3 is 2.80 bits per heavy atom. The van der Waals surface area contributed by atoms with Crippen LogP contribution in [0.3, 0.4) is 0 Å². The van der Waals surface area contributed by atoms with E-state index in [0.29, 0.717) is 11.5 Å². The third-order valence-corrected chi connectivity index (χ3v) is 3.62. The van der Waals surface area contributed by atoms with Gasteiger partial charge in [0, 0.05) is 7.05 Å². The summed E-state index contributed by atoms with van der Waals surface area (Å²) in [6.45, 7) is 0. The van der Waals surface area contributed by atoms with Gasteiger partial charge in [-0.15, -0.1) is 0 Å². The van der Waals surface area contributed by atoms with E-state index in [-0.39, 0.29) is 21.7 Å². The highest BCUT2D eigenvalue weighted by Gasteiger charge is 2.19. The van der Waals surface area contributed by atoms with Crippen molar-refractivity contribution in [3.8, 4) is 5.75 Å². The Labute approximate surface area is 123 Å². The number of pyridine rings is 2. The maximum absolute atomic E-state index is 12.3. The Balaban J connectivity index is 3.08. The van der Waals surface area contributed by atoms with Crippen LogP contribution in [-0.4, -0.2) is 39.4 Å². The zero-order valence-corrected chi connectivity index (χ0v) is 12.2. The Kier molecular flexibility index (Phi) is 4.10. The van der Waals surface area contributed by atoms with E-state index in [4.69, 9.17) is 11.6 Å². The molecule has 0 bridgehead atoms. The average Bonchev–Trinajstić information content (AvgIpc) is 2.43. The van der Waals surface area contributed by atoms with Gasteiger partial charge < -0.3 is 5.11 Å². The molecule has 0 aliphatic heterocycles. The van der Waals surface area contributed by atoms with Gasteiger partial charge in [0.1, 0.15) is 16.5 Å². The summed E-state index contributed by atoms with van der Waals surface area (Å²) in [6, 6.07) is 2.96. The number of carbonyl (C=O) groups is 1. The number of aldehydes is 1. The van der Waals surface area contributed by atoms with Gasteiger partial charge in [0.15, 0.2) is 17.1 Å². The number of aliphatic imine (C=N–C) groups is 1. The van der Waals surface area contributed by atoms with Gasteiger partial charge in [0.05, 0.1) is 5.39 Å². The third kappa shape index (κ3) is 2.19. The standard InChI is InChI=1S/C12H10ClN3O3S/c1-14-12(20-2)16-10-6(3-4-8(13)15-10)9(18)7(5-17)11(16)19/h3-5,18H,1-2H3. The second-order valence-corrected chi connectivity index (χ2v) is 4.90. The first kappa shape index (κ1) is 14.5. The summed E-state index contributed by atoms with van der Waals surface area (Å²) in [4.78, 5) is 31.4. The molecule has 0 aliphatic carbocycles. The van der Waals surface area contributed by atoms with Crippen molar-refractivity contribution in [1.29, 1.82) is 0 Å². The van der Waals surface area contributed by atoms with Crippen molar-refractivity contribution in [2.45, 2.75) is 0 Å². The summed E-state index contributed by atoms with van der Waals surface area (Å²) in [5, 5.41) is 10.8. The molecule has 2 aromatic rings. The van der Waals surface area contributed by atoms with Gasteiger partial charge in [-0.05, 0) is 18.4 Å². The van der Waals surface area contributed by atoms with E-state index in [2.05, 4.69) is 9.98 Å². The number of thioether (sulfide) groups is 1. The molecule has 2 rings (SSSR count). The number of carbonyl (C=O) groups excluding carboxylic acids is 1. The first-order chi connectivity index (χ1) is 9.54. The van der Waals surface area contributed by atoms with Gasteiger partial charge in [-0.1, -0.05) is 23.4 Å². The lowest BCUT2D eigenvalue weighted by Crippen LogP contribution is -2.29. The van der Waals surface area contributed by atoms with Crippen LogP contribution < -0.4 is 5.56 Å². The Morgan fingerprint density at radius 2 is 2.25 bits per heavy atom. The lowest BCUT2D eigenvalue weighted by molar-refractivity contribution is 0.111. The fourth-order valence-electron chi connectivity index (χ4n) is 1.81. The van der Waals surface area contributed by atoms with Gasteiger partial charge in [-0.25, -0.2) is 9.55 Å². The Bertz CT molecular complexity index is 786. The molecule has 0 saturated carbocycles. The molecule has 0 spiro atoms. The van der Waals surface area contributed by atoms with Gasteiger partial charge in [0.25, 0.3) is 5.56 Å². The predicted octanol–water partition coefficient (Wildman–Crippen LogP) is 1.76. The second kappa shape index (κ2) is 5.64. The van der Waals surface area contributed by atoms with Crippen LogP contribution in [0.15, 0.2) is 21.9 Å². The molecule has 2 aromatic heterocycles. The van der Waals surface area contributed by atoms with Crippen LogP contribution in [-0.2, 0) is 0 Å². The van der Waals surface area contributed by atoms with Crippen molar-refractivity contribution < 1.29 is 9.90 Å². The van der Waals surface area contributed by atoms with E-state index in [9.17, 15) is 14.7 Å². The SMILES string of the molecule is CN=C(SC)n1c(=O)c(C=O)c(O)c2ccc(Cl)nc21. The maximum atomic E-state index is 12.3. The lowest BCUT2D eigenvalue weighted by atomic mass is 10.2. The summed E-state index contributed by atoms with van der Waals surface area (Å²) in [5.41, 5.74) is -0.868. The smallest absolute Gasteiger partial charge is 0.272 e. The van der Waals surface area contributed by atoms with Crippen molar-refractivity contribution >= 4 is 45.9 Å². The van der Waals surface area contributed by atoms with E-state index < -0.39 is 11.3 Å². The Hall–Kier alpha value is -1.86. The highest BCUT2D eigenvalue weighted by Crippen LogP contribution is 2.26. The lowest BCUT2D eigenvalue weighted by Gasteiger charge is -2.12. The summed E-state index contributed by atoms with van der Waals surface area (Å²) in [5.74, 6) is -0.406. The van der Waals surface area contributed by atoms with Gasteiger partial charge >= 0.3 is 0 Å². The predicted molar refractivity (Wildman–Crippen MR) is 80.3 cm³/mol. The topological polar surface area (TPSA) is 84.5 Å². The molecule has 0 radical (unpaired) electrons. The molecule has 6 nitrogen and oxygen atoms in total. The highest BCUT2D eigenvalue weighted by molar-refractivity contribution is 8.13. The zero-order chi connectivity index (χ0) is 14.9.